The van der Waals surface area contributed by atoms with Crippen molar-refractivity contribution in [1.29, 1.82) is 0 Å². The van der Waals surface area contributed by atoms with E-state index in [0.29, 0.717) is 12.4 Å². The zero-order valence-electron chi connectivity index (χ0n) is 11.2. The Hall–Kier alpha value is -2.07. The maximum atomic E-state index is 9.99. The highest BCUT2D eigenvalue weighted by molar-refractivity contribution is 7.09. The summed E-state index contributed by atoms with van der Waals surface area (Å²) >= 11 is 1.64. The van der Waals surface area contributed by atoms with Crippen LogP contribution in [-0.4, -0.2) is 16.7 Å². The lowest BCUT2D eigenvalue weighted by Crippen LogP contribution is -2.01. The SMILES string of the molecule is Cc1ncsc1CCOc1cc2ccccc2cc1O. The van der Waals surface area contributed by atoms with Crippen molar-refractivity contribution in [3.8, 4) is 11.5 Å². The predicted molar refractivity (Wildman–Crippen MR) is 81.7 cm³/mol. The van der Waals surface area contributed by atoms with E-state index in [2.05, 4.69) is 4.98 Å². The normalized spacial score (nSPS) is 10.8. The van der Waals surface area contributed by atoms with Gasteiger partial charge in [-0.1, -0.05) is 24.3 Å². The second-order valence-corrected chi connectivity index (χ2v) is 5.57. The fraction of sp³-hybridized carbons (Fsp3) is 0.188. The maximum Gasteiger partial charge on any atom is 0.161 e. The Kier molecular flexibility index (Phi) is 3.56. The molecule has 1 N–H and O–H groups in total. The third kappa shape index (κ3) is 2.60. The maximum absolute atomic E-state index is 9.99. The fourth-order valence-corrected chi connectivity index (χ4v) is 2.91. The number of phenolic OH excluding ortho intramolecular Hbond substituents is 1. The molecule has 1 aromatic heterocycles. The molecule has 0 fully saturated rings. The van der Waals surface area contributed by atoms with E-state index < -0.39 is 0 Å². The molecule has 0 bridgehead atoms. The highest BCUT2D eigenvalue weighted by Crippen LogP contribution is 2.31. The predicted octanol–water partition coefficient (Wildman–Crippen LogP) is 3.93. The molecule has 3 rings (SSSR count). The van der Waals surface area contributed by atoms with E-state index in [4.69, 9.17) is 4.74 Å². The van der Waals surface area contributed by atoms with Gasteiger partial charge in [-0.25, -0.2) is 4.98 Å². The van der Waals surface area contributed by atoms with E-state index in [1.165, 1.54) is 4.88 Å². The minimum atomic E-state index is 0.185. The standard InChI is InChI=1S/C16H15NO2S/c1-11-16(20-10-17-11)6-7-19-15-9-13-5-3-2-4-12(13)8-14(15)18/h2-5,8-10,18H,6-7H2,1H3. The van der Waals surface area contributed by atoms with Crippen LogP contribution in [0.5, 0.6) is 11.5 Å². The smallest absolute Gasteiger partial charge is 0.161 e. The molecule has 0 aliphatic rings. The molecule has 2 aromatic carbocycles. The molecule has 0 spiro atoms. The first-order chi connectivity index (χ1) is 9.74. The van der Waals surface area contributed by atoms with Gasteiger partial charge in [-0.3, -0.25) is 0 Å². The minimum absolute atomic E-state index is 0.185. The number of hydrogen-bond donors (Lipinski definition) is 1. The van der Waals surface area contributed by atoms with Crippen molar-refractivity contribution in [1.82, 2.24) is 4.98 Å². The summed E-state index contributed by atoms with van der Waals surface area (Å²) in [7, 11) is 0. The highest BCUT2D eigenvalue weighted by atomic mass is 32.1. The van der Waals surface area contributed by atoms with Crippen molar-refractivity contribution < 1.29 is 9.84 Å². The van der Waals surface area contributed by atoms with Gasteiger partial charge in [-0.15, -0.1) is 11.3 Å². The first-order valence-electron chi connectivity index (χ1n) is 6.47. The number of fused-ring (bicyclic) bond motifs is 1. The van der Waals surface area contributed by atoms with Crippen LogP contribution in [0.1, 0.15) is 10.6 Å². The summed E-state index contributed by atoms with van der Waals surface area (Å²) in [6.07, 6.45) is 0.808. The lowest BCUT2D eigenvalue weighted by Gasteiger charge is -2.09. The van der Waals surface area contributed by atoms with Crippen LogP contribution in [0.4, 0.5) is 0 Å². The molecule has 0 atom stereocenters. The average molecular weight is 285 g/mol. The molecule has 0 aliphatic carbocycles. The van der Waals surface area contributed by atoms with Gasteiger partial charge in [0.05, 0.1) is 17.8 Å². The van der Waals surface area contributed by atoms with E-state index in [-0.39, 0.29) is 5.75 Å². The van der Waals surface area contributed by atoms with E-state index >= 15 is 0 Å². The van der Waals surface area contributed by atoms with Gasteiger partial charge < -0.3 is 9.84 Å². The second kappa shape index (κ2) is 5.51. The summed E-state index contributed by atoms with van der Waals surface area (Å²) in [4.78, 5) is 5.44. The Morgan fingerprint density at radius 3 is 2.65 bits per heavy atom. The number of rotatable bonds is 4. The van der Waals surface area contributed by atoms with Crippen molar-refractivity contribution in [2.75, 3.05) is 6.61 Å². The number of thiazole rings is 1. The average Bonchev–Trinajstić information content (AvgIpc) is 2.85. The topological polar surface area (TPSA) is 42.4 Å². The van der Waals surface area contributed by atoms with Crippen LogP contribution in [0.3, 0.4) is 0 Å². The first-order valence-corrected chi connectivity index (χ1v) is 7.35. The molecule has 0 saturated carbocycles. The van der Waals surface area contributed by atoms with Crippen LogP contribution < -0.4 is 4.74 Å². The lowest BCUT2D eigenvalue weighted by atomic mass is 10.1. The summed E-state index contributed by atoms with van der Waals surface area (Å²) < 4.78 is 5.70. The zero-order chi connectivity index (χ0) is 13.9. The number of aromatic nitrogens is 1. The Morgan fingerprint density at radius 2 is 1.95 bits per heavy atom. The molecule has 0 unspecified atom stereocenters. The lowest BCUT2D eigenvalue weighted by molar-refractivity contribution is 0.304. The molecule has 0 amide bonds. The number of aryl methyl sites for hydroxylation is 1. The van der Waals surface area contributed by atoms with E-state index in [9.17, 15) is 5.11 Å². The minimum Gasteiger partial charge on any atom is -0.504 e. The molecule has 20 heavy (non-hydrogen) atoms. The van der Waals surface area contributed by atoms with Crippen LogP contribution in [0.2, 0.25) is 0 Å². The first kappa shape index (κ1) is 12.9. The van der Waals surface area contributed by atoms with Gasteiger partial charge in [0.1, 0.15) is 0 Å². The Labute approximate surface area is 121 Å². The largest absolute Gasteiger partial charge is 0.504 e. The summed E-state index contributed by atoms with van der Waals surface area (Å²) in [6, 6.07) is 11.5. The summed E-state index contributed by atoms with van der Waals surface area (Å²) in [5.41, 5.74) is 2.90. The number of phenols is 1. The molecular formula is C16H15NO2S. The molecular weight excluding hydrogens is 270 g/mol. The Balaban J connectivity index is 1.74. The van der Waals surface area contributed by atoms with E-state index in [1.54, 1.807) is 17.4 Å². The molecule has 3 nitrogen and oxygen atoms in total. The van der Waals surface area contributed by atoms with Crippen LogP contribution in [0.15, 0.2) is 41.9 Å². The van der Waals surface area contributed by atoms with Gasteiger partial charge in [0.25, 0.3) is 0 Å². The third-order valence-electron chi connectivity index (χ3n) is 3.26. The molecule has 4 heteroatoms. The van der Waals surface area contributed by atoms with Gasteiger partial charge in [0, 0.05) is 11.3 Å². The third-order valence-corrected chi connectivity index (χ3v) is 4.25. The molecule has 102 valence electrons. The van der Waals surface area contributed by atoms with Gasteiger partial charge in [0.2, 0.25) is 0 Å². The monoisotopic (exact) mass is 285 g/mol. The highest BCUT2D eigenvalue weighted by Gasteiger charge is 2.06. The Morgan fingerprint density at radius 1 is 1.20 bits per heavy atom. The number of hydrogen-bond acceptors (Lipinski definition) is 4. The number of aromatic hydroxyl groups is 1. The van der Waals surface area contributed by atoms with Crippen molar-refractivity contribution >= 4 is 22.1 Å². The van der Waals surface area contributed by atoms with Gasteiger partial charge >= 0.3 is 0 Å². The molecule has 1 heterocycles. The summed E-state index contributed by atoms with van der Waals surface area (Å²) in [5.74, 6) is 0.718. The van der Waals surface area contributed by atoms with Crippen LogP contribution in [0.25, 0.3) is 10.8 Å². The van der Waals surface area contributed by atoms with Crippen LogP contribution >= 0.6 is 11.3 Å². The number of benzene rings is 2. The van der Waals surface area contributed by atoms with Crippen molar-refractivity contribution in [2.45, 2.75) is 13.3 Å². The van der Waals surface area contributed by atoms with E-state index in [1.807, 2.05) is 42.8 Å². The quantitative estimate of drug-likeness (QED) is 0.789. The second-order valence-electron chi connectivity index (χ2n) is 4.63. The van der Waals surface area contributed by atoms with Crippen molar-refractivity contribution in [3.63, 3.8) is 0 Å². The zero-order valence-corrected chi connectivity index (χ0v) is 12.0. The fourth-order valence-electron chi connectivity index (χ4n) is 2.14. The number of nitrogens with zero attached hydrogens (tertiary/aromatic N) is 1. The Bertz CT molecular complexity index is 736. The molecule has 0 radical (unpaired) electrons. The molecule has 3 aromatic rings. The van der Waals surface area contributed by atoms with Gasteiger partial charge in [-0.2, -0.15) is 0 Å². The van der Waals surface area contributed by atoms with Crippen molar-refractivity contribution in [3.05, 3.63) is 52.5 Å². The van der Waals surface area contributed by atoms with Crippen LogP contribution in [-0.2, 0) is 6.42 Å². The van der Waals surface area contributed by atoms with Gasteiger partial charge in [0.15, 0.2) is 11.5 Å². The van der Waals surface area contributed by atoms with E-state index in [0.717, 1.165) is 22.9 Å². The number of ether oxygens (including phenoxy) is 1. The molecule has 0 saturated heterocycles. The summed E-state index contributed by atoms with van der Waals surface area (Å²) in [5, 5.41) is 12.1. The summed E-state index contributed by atoms with van der Waals surface area (Å²) in [6.45, 7) is 2.54. The van der Waals surface area contributed by atoms with Crippen LogP contribution in [0, 0.1) is 6.92 Å². The van der Waals surface area contributed by atoms with Gasteiger partial charge in [-0.05, 0) is 29.8 Å². The molecule has 0 aliphatic heterocycles. The van der Waals surface area contributed by atoms with Crippen molar-refractivity contribution in [2.24, 2.45) is 0 Å².